The fraction of sp³-hybridized carbons (Fsp3) is 0.458. The summed E-state index contributed by atoms with van der Waals surface area (Å²) in [5.74, 6) is 0.541. The van der Waals surface area contributed by atoms with Crippen LogP contribution in [0.1, 0.15) is 56.0 Å². The normalized spacial score (nSPS) is 23.0. The van der Waals surface area contributed by atoms with Crippen molar-refractivity contribution in [1.82, 2.24) is 15.2 Å². The molecular weight excluding hydrogens is 410 g/mol. The van der Waals surface area contributed by atoms with Crippen molar-refractivity contribution >= 4 is 23.6 Å². The minimum atomic E-state index is -0.921. The van der Waals surface area contributed by atoms with Crippen LogP contribution >= 0.6 is 11.8 Å². The second-order valence-corrected chi connectivity index (χ2v) is 10.4. The van der Waals surface area contributed by atoms with Crippen LogP contribution in [0.5, 0.6) is 5.75 Å². The van der Waals surface area contributed by atoms with Gasteiger partial charge in [-0.15, -0.1) is 0 Å². The number of nitrogens with one attached hydrogen (secondary N) is 1. The number of thioether (sulfide) groups is 1. The first-order valence-corrected chi connectivity index (χ1v) is 11.5. The molecule has 7 heteroatoms. The number of aromatic nitrogens is 1. The summed E-state index contributed by atoms with van der Waals surface area (Å²) in [6.45, 7) is 6.27. The number of methoxy groups -OCH3 is 1. The summed E-state index contributed by atoms with van der Waals surface area (Å²) < 4.78 is 5.27. The second kappa shape index (κ2) is 8.19. The van der Waals surface area contributed by atoms with Crippen LogP contribution in [0.3, 0.4) is 0 Å². The van der Waals surface area contributed by atoms with Crippen molar-refractivity contribution in [3.63, 3.8) is 0 Å². The standard InChI is InChI=1S/C24H29N3O3S/c1-23(2,3)26-22(29)24-13-5-8-19(24)31-20-18(7-6-14-25-20)21(28)27(24)15-16-9-11-17(30-4)12-10-16/h6-7,9-12,14,19H,5,8,13,15H2,1-4H3,(H,26,29). The first kappa shape index (κ1) is 21.7. The molecule has 0 spiro atoms. The van der Waals surface area contributed by atoms with Gasteiger partial charge in [0.25, 0.3) is 5.91 Å². The molecule has 1 aliphatic heterocycles. The van der Waals surface area contributed by atoms with Crippen molar-refractivity contribution in [2.45, 2.75) is 67.9 Å². The number of fused-ring (bicyclic) bond motifs is 2. The number of pyridine rings is 1. The average Bonchev–Trinajstić information content (AvgIpc) is 3.12. The SMILES string of the molecule is COc1ccc(CN2C(=O)c3cccnc3SC3CCCC32C(=O)NC(C)(C)C)cc1. The van der Waals surface area contributed by atoms with Gasteiger partial charge in [-0.25, -0.2) is 4.98 Å². The lowest BCUT2D eigenvalue weighted by Crippen LogP contribution is -2.65. The third-order valence-electron chi connectivity index (χ3n) is 5.92. The van der Waals surface area contributed by atoms with Gasteiger partial charge < -0.3 is 15.0 Å². The summed E-state index contributed by atoms with van der Waals surface area (Å²) in [5, 5.41) is 3.84. The van der Waals surface area contributed by atoms with Crippen molar-refractivity contribution in [2.24, 2.45) is 0 Å². The highest BCUT2D eigenvalue weighted by atomic mass is 32.2. The smallest absolute Gasteiger partial charge is 0.257 e. The summed E-state index contributed by atoms with van der Waals surface area (Å²) in [7, 11) is 1.63. The first-order valence-electron chi connectivity index (χ1n) is 10.6. The molecule has 1 aromatic carbocycles. The van der Waals surface area contributed by atoms with Crippen molar-refractivity contribution < 1.29 is 14.3 Å². The minimum absolute atomic E-state index is 0.0480. The van der Waals surface area contributed by atoms with Gasteiger partial charge in [-0.1, -0.05) is 23.9 Å². The van der Waals surface area contributed by atoms with E-state index in [-0.39, 0.29) is 17.1 Å². The van der Waals surface area contributed by atoms with E-state index in [0.29, 0.717) is 23.6 Å². The summed E-state index contributed by atoms with van der Waals surface area (Å²) >= 11 is 1.57. The predicted octanol–water partition coefficient (Wildman–Crippen LogP) is 4.04. The maximum Gasteiger partial charge on any atom is 0.257 e. The highest BCUT2D eigenvalue weighted by Crippen LogP contribution is 2.49. The van der Waals surface area contributed by atoms with Crippen molar-refractivity contribution in [3.05, 3.63) is 53.7 Å². The van der Waals surface area contributed by atoms with Crippen LogP contribution in [-0.2, 0) is 11.3 Å². The molecule has 2 unspecified atom stereocenters. The molecule has 1 aromatic heterocycles. The van der Waals surface area contributed by atoms with E-state index in [1.54, 1.807) is 36.0 Å². The van der Waals surface area contributed by atoms with E-state index in [0.717, 1.165) is 24.2 Å². The topological polar surface area (TPSA) is 71.5 Å². The quantitative estimate of drug-likeness (QED) is 0.778. The number of benzene rings is 1. The molecule has 31 heavy (non-hydrogen) atoms. The van der Waals surface area contributed by atoms with Gasteiger partial charge in [-0.2, -0.15) is 0 Å². The molecule has 6 nitrogen and oxygen atoms in total. The highest BCUT2D eigenvalue weighted by Gasteiger charge is 2.57. The van der Waals surface area contributed by atoms with Crippen LogP contribution < -0.4 is 10.1 Å². The predicted molar refractivity (Wildman–Crippen MR) is 121 cm³/mol. The molecule has 164 valence electrons. The number of amides is 2. The second-order valence-electron chi connectivity index (χ2n) is 9.22. The van der Waals surface area contributed by atoms with Gasteiger partial charge in [0, 0.05) is 23.5 Å². The zero-order chi connectivity index (χ0) is 22.2. The van der Waals surface area contributed by atoms with Crippen molar-refractivity contribution in [1.29, 1.82) is 0 Å². The van der Waals surface area contributed by atoms with Gasteiger partial charge in [-0.05, 0) is 69.9 Å². The lowest BCUT2D eigenvalue weighted by atomic mass is 9.90. The Balaban J connectivity index is 1.81. The van der Waals surface area contributed by atoms with Gasteiger partial charge in [0.2, 0.25) is 5.91 Å². The molecule has 2 heterocycles. The molecule has 2 atom stereocenters. The number of ether oxygens (including phenoxy) is 1. The molecule has 2 aromatic rings. The fourth-order valence-electron chi connectivity index (χ4n) is 4.49. The number of carbonyl (C=O) groups is 2. The van der Waals surface area contributed by atoms with Gasteiger partial charge in [0.15, 0.2) is 0 Å². The Morgan fingerprint density at radius 2 is 2.03 bits per heavy atom. The molecule has 1 aliphatic carbocycles. The number of nitrogens with zero attached hydrogens (tertiary/aromatic N) is 2. The molecule has 1 saturated carbocycles. The first-order chi connectivity index (χ1) is 14.7. The third-order valence-corrected chi connectivity index (χ3v) is 7.38. The third kappa shape index (κ3) is 4.03. The Morgan fingerprint density at radius 1 is 1.29 bits per heavy atom. The molecule has 2 aliphatic rings. The summed E-state index contributed by atoms with van der Waals surface area (Å²) in [4.78, 5) is 33.9. The molecular formula is C24H29N3O3S. The van der Waals surface area contributed by atoms with Crippen LogP contribution in [0.2, 0.25) is 0 Å². The zero-order valence-electron chi connectivity index (χ0n) is 18.5. The number of hydrogen-bond donors (Lipinski definition) is 1. The Hall–Kier alpha value is -2.54. The Labute approximate surface area is 187 Å². The number of carbonyl (C=O) groups excluding carboxylic acids is 2. The van der Waals surface area contributed by atoms with Crippen LogP contribution in [0.25, 0.3) is 0 Å². The van der Waals surface area contributed by atoms with Gasteiger partial charge >= 0.3 is 0 Å². The van der Waals surface area contributed by atoms with E-state index in [4.69, 9.17) is 4.74 Å². The summed E-state index contributed by atoms with van der Waals surface area (Å²) in [5.41, 5.74) is 0.212. The maximum absolute atomic E-state index is 13.9. The zero-order valence-corrected chi connectivity index (χ0v) is 19.3. The fourth-order valence-corrected chi connectivity index (χ4v) is 5.99. The Kier molecular flexibility index (Phi) is 5.73. The van der Waals surface area contributed by atoms with Crippen LogP contribution in [0.15, 0.2) is 47.6 Å². The van der Waals surface area contributed by atoms with Gasteiger partial charge in [0.1, 0.15) is 16.3 Å². The van der Waals surface area contributed by atoms with Crippen LogP contribution in [0.4, 0.5) is 0 Å². The molecule has 4 rings (SSSR count). The largest absolute Gasteiger partial charge is 0.497 e. The van der Waals surface area contributed by atoms with Crippen LogP contribution in [-0.4, -0.2) is 45.1 Å². The lowest BCUT2D eigenvalue weighted by molar-refractivity contribution is -0.133. The summed E-state index contributed by atoms with van der Waals surface area (Å²) in [6, 6.07) is 11.3. The summed E-state index contributed by atoms with van der Waals surface area (Å²) in [6.07, 6.45) is 4.11. The maximum atomic E-state index is 13.9. The molecule has 0 radical (unpaired) electrons. The van der Waals surface area contributed by atoms with Crippen molar-refractivity contribution in [3.8, 4) is 5.75 Å². The average molecular weight is 440 g/mol. The number of rotatable bonds is 4. The molecule has 0 bridgehead atoms. The van der Waals surface area contributed by atoms with Gasteiger partial charge in [-0.3, -0.25) is 9.59 Å². The molecule has 0 saturated heterocycles. The Bertz CT molecular complexity index is 986. The van der Waals surface area contributed by atoms with Gasteiger partial charge in [0.05, 0.1) is 12.7 Å². The van der Waals surface area contributed by atoms with E-state index in [2.05, 4.69) is 10.3 Å². The highest BCUT2D eigenvalue weighted by molar-refractivity contribution is 8.00. The van der Waals surface area contributed by atoms with Crippen LogP contribution in [0, 0.1) is 0 Å². The molecule has 2 amide bonds. The Morgan fingerprint density at radius 3 is 2.71 bits per heavy atom. The van der Waals surface area contributed by atoms with E-state index in [1.807, 2.05) is 51.1 Å². The minimum Gasteiger partial charge on any atom is -0.497 e. The molecule has 1 N–H and O–H groups in total. The molecule has 1 fully saturated rings. The van der Waals surface area contributed by atoms with Crippen molar-refractivity contribution in [2.75, 3.05) is 7.11 Å². The number of hydrogen-bond acceptors (Lipinski definition) is 5. The van der Waals surface area contributed by atoms with E-state index >= 15 is 0 Å². The lowest BCUT2D eigenvalue weighted by Gasteiger charge is -2.43. The monoisotopic (exact) mass is 439 g/mol. The van der Waals surface area contributed by atoms with E-state index in [9.17, 15) is 9.59 Å². The van der Waals surface area contributed by atoms with E-state index in [1.165, 1.54) is 0 Å². The van der Waals surface area contributed by atoms with E-state index < -0.39 is 11.1 Å².